The van der Waals surface area contributed by atoms with Crippen molar-refractivity contribution in [2.24, 2.45) is 0 Å². The van der Waals surface area contributed by atoms with Crippen molar-refractivity contribution in [1.82, 2.24) is 10.6 Å². The van der Waals surface area contributed by atoms with Gasteiger partial charge in [-0.1, -0.05) is 42.5 Å². The van der Waals surface area contributed by atoms with E-state index in [0.717, 1.165) is 24.2 Å². The molecule has 2 aromatic rings. The maximum Gasteiger partial charge on any atom is 0.231 e. The molecule has 0 saturated carbocycles. The number of halogens is 1. The zero-order valence-electron chi connectivity index (χ0n) is 13.9. The monoisotopic (exact) mass is 326 g/mol. The van der Waals surface area contributed by atoms with E-state index in [0.29, 0.717) is 12.8 Å². The van der Waals surface area contributed by atoms with E-state index in [4.69, 9.17) is 0 Å². The Hall–Kier alpha value is -2.20. The Morgan fingerprint density at radius 3 is 2.33 bits per heavy atom. The van der Waals surface area contributed by atoms with Crippen LogP contribution in [0.15, 0.2) is 54.6 Å². The first-order valence-corrected chi connectivity index (χ1v) is 8.44. The average molecular weight is 326 g/mol. The van der Waals surface area contributed by atoms with Crippen LogP contribution in [0.3, 0.4) is 0 Å². The van der Waals surface area contributed by atoms with Crippen LogP contribution in [-0.2, 0) is 10.2 Å². The van der Waals surface area contributed by atoms with E-state index in [1.807, 2.05) is 37.3 Å². The molecule has 0 radical (unpaired) electrons. The molecule has 3 nitrogen and oxygen atoms in total. The third kappa shape index (κ3) is 3.34. The minimum atomic E-state index is -0.595. The Morgan fingerprint density at radius 2 is 1.71 bits per heavy atom. The largest absolute Gasteiger partial charge is 0.349 e. The predicted molar refractivity (Wildman–Crippen MR) is 93.2 cm³/mol. The van der Waals surface area contributed by atoms with Gasteiger partial charge in [0.15, 0.2) is 0 Å². The molecule has 126 valence electrons. The summed E-state index contributed by atoms with van der Waals surface area (Å²) in [4.78, 5) is 13.2. The fraction of sp³-hybridized carbons (Fsp3) is 0.350. The lowest BCUT2D eigenvalue weighted by atomic mass is 9.72. The van der Waals surface area contributed by atoms with Gasteiger partial charge in [0, 0.05) is 0 Å². The van der Waals surface area contributed by atoms with Gasteiger partial charge >= 0.3 is 0 Å². The van der Waals surface area contributed by atoms with E-state index in [9.17, 15) is 9.18 Å². The zero-order valence-corrected chi connectivity index (χ0v) is 13.9. The van der Waals surface area contributed by atoms with Gasteiger partial charge in [-0.2, -0.15) is 0 Å². The third-order valence-corrected chi connectivity index (χ3v) is 4.94. The highest BCUT2D eigenvalue weighted by atomic mass is 19.1. The van der Waals surface area contributed by atoms with Gasteiger partial charge in [-0.05, 0) is 56.1 Å². The number of hydrogen-bond acceptors (Lipinski definition) is 2. The molecule has 2 N–H and O–H groups in total. The average Bonchev–Trinajstić information content (AvgIpc) is 2.63. The van der Waals surface area contributed by atoms with Gasteiger partial charge in [-0.3, -0.25) is 4.79 Å². The van der Waals surface area contributed by atoms with Gasteiger partial charge in [0.2, 0.25) is 5.91 Å². The van der Waals surface area contributed by atoms with E-state index < -0.39 is 5.41 Å². The van der Waals surface area contributed by atoms with Crippen LogP contribution < -0.4 is 10.6 Å². The van der Waals surface area contributed by atoms with Crippen molar-refractivity contribution in [3.05, 3.63) is 71.5 Å². The molecule has 0 unspecified atom stereocenters. The standard InChI is InChI=1S/C20H23FN2O/c1-15(16-5-3-2-4-6-16)23-19(24)20(11-13-22-14-12-20)17-7-9-18(21)10-8-17/h2-10,15,22H,11-14H2,1H3,(H,23,24)/t15-/m0/s1. The molecule has 0 aliphatic carbocycles. The maximum absolute atomic E-state index is 13.3. The lowest BCUT2D eigenvalue weighted by Crippen LogP contribution is -2.51. The van der Waals surface area contributed by atoms with Gasteiger partial charge in [0.25, 0.3) is 0 Å². The number of nitrogens with one attached hydrogen (secondary N) is 2. The second-order valence-corrected chi connectivity index (χ2v) is 6.44. The van der Waals surface area contributed by atoms with Crippen LogP contribution in [0.25, 0.3) is 0 Å². The molecule has 2 aromatic carbocycles. The lowest BCUT2D eigenvalue weighted by molar-refractivity contribution is -0.128. The van der Waals surface area contributed by atoms with E-state index in [-0.39, 0.29) is 17.8 Å². The van der Waals surface area contributed by atoms with Crippen LogP contribution in [0.5, 0.6) is 0 Å². The number of piperidine rings is 1. The highest BCUT2D eigenvalue weighted by Gasteiger charge is 2.41. The summed E-state index contributed by atoms with van der Waals surface area (Å²) in [6, 6.07) is 16.2. The molecule has 1 aliphatic heterocycles. The second kappa shape index (κ2) is 7.14. The van der Waals surface area contributed by atoms with Crippen molar-refractivity contribution >= 4 is 5.91 Å². The molecule has 1 aliphatic rings. The van der Waals surface area contributed by atoms with Crippen molar-refractivity contribution in [2.75, 3.05) is 13.1 Å². The number of carbonyl (C=O) groups is 1. The smallest absolute Gasteiger partial charge is 0.231 e. The fourth-order valence-electron chi connectivity index (χ4n) is 3.43. The van der Waals surface area contributed by atoms with E-state index in [2.05, 4.69) is 10.6 Å². The molecular formula is C20H23FN2O. The fourth-order valence-corrected chi connectivity index (χ4v) is 3.43. The Morgan fingerprint density at radius 1 is 1.08 bits per heavy atom. The highest BCUT2D eigenvalue weighted by molar-refractivity contribution is 5.88. The normalized spacial score (nSPS) is 17.9. The number of benzene rings is 2. The van der Waals surface area contributed by atoms with Gasteiger partial charge in [0.05, 0.1) is 11.5 Å². The summed E-state index contributed by atoms with van der Waals surface area (Å²) in [7, 11) is 0. The quantitative estimate of drug-likeness (QED) is 0.905. The number of amides is 1. The summed E-state index contributed by atoms with van der Waals surface area (Å²) < 4.78 is 13.3. The van der Waals surface area contributed by atoms with Crippen molar-refractivity contribution in [2.45, 2.75) is 31.2 Å². The van der Waals surface area contributed by atoms with Crippen molar-refractivity contribution in [1.29, 1.82) is 0 Å². The molecule has 1 fully saturated rings. The van der Waals surface area contributed by atoms with E-state index in [1.54, 1.807) is 12.1 Å². The summed E-state index contributed by atoms with van der Waals surface area (Å²) >= 11 is 0. The molecule has 3 rings (SSSR count). The zero-order chi connectivity index (χ0) is 17.0. The van der Waals surface area contributed by atoms with Crippen molar-refractivity contribution in [3.63, 3.8) is 0 Å². The lowest BCUT2D eigenvalue weighted by Gasteiger charge is -2.37. The summed E-state index contributed by atoms with van der Waals surface area (Å²) in [6.07, 6.45) is 1.43. The SMILES string of the molecule is C[C@H](NC(=O)C1(c2ccc(F)cc2)CCNCC1)c1ccccc1. The van der Waals surface area contributed by atoms with Crippen LogP contribution in [0.2, 0.25) is 0 Å². The summed E-state index contributed by atoms with van der Waals surface area (Å²) in [6.45, 7) is 3.56. The molecule has 1 amide bonds. The first-order valence-electron chi connectivity index (χ1n) is 8.44. The molecule has 1 atom stereocenters. The molecule has 0 bridgehead atoms. The summed E-state index contributed by atoms with van der Waals surface area (Å²) in [5.41, 5.74) is 1.37. The Kier molecular flexibility index (Phi) is 4.95. The van der Waals surface area contributed by atoms with E-state index >= 15 is 0 Å². The molecule has 0 aromatic heterocycles. The molecule has 4 heteroatoms. The first kappa shape index (κ1) is 16.7. The molecule has 0 spiro atoms. The van der Waals surface area contributed by atoms with E-state index in [1.165, 1.54) is 12.1 Å². The van der Waals surface area contributed by atoms with Gasteiger partial charge in [0.1, 0.15) is 5.82 Å². The van der Waals surface area contributed by atoms with Crippen LogP contribution in [0.1, 0.15) is 36.9 Å². The minimum Gasteiger partial charge on any atom is -0.349 e. The summed E-state index contributed by atoms with van der Waals surface area (Å²) in [5.74, 6) is -0.257. The molecule has 1 saturated heterocycles. The maximum atomic E-state index is 13.3. The number of rotatable bonds is 4. The Bertz CT molecular complexity index is 679. The van der Waals surface area contributed by atoms with Gasteiger partial charge in [-0.15, -0.1) is 0 Å². The van der Waals surface area contributed by atoms with Gasteiger partial charge in [-0.25, -0.2) is 4.39 Å². The van der Waals surface area contributed by atoms with Crippen LogP contribution in [-0.4, -0.2) is 19.0 Å². The van der Waals surface area contributed by atoms with Gasteiger partial charge < -0.3 is 10.6 Å². The van der Waals surface area contributed by atoms with Crippen LogP contribution in [0.4, 0.5) is 4.39 Å². The second-order valence-electron chi connectivity index (χ2n) is 6.44. The molecule has 24 heavy (non-hydrogen) atoms. The Balaban J connectivity index is 1.85. The minimum absolute atomic E-state index is 0.0203. The number of carbonyl (C=O) groups excluding carboxylic acids is 1. The van der Waals surface area contributed by atoms with Crippen molar-refractivity contribution < 1.29 is 9.18 Å². The topological polar surface area (TPSA) is 41.1 Å². The highest BCUT2D eigenvalue weighted by Crippen LogP contribution is 2.34. The first-order chi connectivity index (χ1) is 11.6. The molecule has 1 heterocycles. The van der Waals surface area contributed by atoms with Crippen LogP contribution in [0, 0.1) is 5.82 Å². The number of hydrogen-bond donors (Lipinski definition) is 2. The third-order valence-electron chi connectivity index (χ3n) is 4.94. The van der Waals surface area contributed by atoms with Crippen LogP contribution >= 0.6 is 0 Å². The Labute approximate surface area is 142 Å². The summed E-state index contributed by atoms with van der Waals surface area (Å²) in [5, 5.41) is 6.47. The molecular weight excluding hydrogens is 303 g/mol. The van der Waals surface area contributed by atoms with Crippen molar-refractivity contribution in [3.8, 4) is 0 Å². The predicted octanol–water partition coefficient (Wildman–Crippen LogP) is 3.32.